The van der Waals surface area contributed by atoms with E-state index in [9.17, 15) is 4.79 Å². The summed E-state index contributed by atoms with van der Waals surface area (Å²) in [6, 6.07) is 0. The second-order valence-electron chi connectivity index (χ2n) is 5.99. The van der Waals surface area contributed by atoms with Gasteiger partial charge in [0.2, 0.25) is 0 Å². The van der Waals surface area contributed by atoms with Crippen LogP contribution in [0.15, 0.2) is 0 Å². The summed E-state index contributed by atoms with van der Waals surface area (Å²) in [5.74, 6) is -0.151. The highest BCUT2D eigenvalue weighted by Gasteiger charge is 2.74. The molecule has 0 aromatic rings. The lowest BCUT2D eigenvalue weighted by Crippen LogP contribution is -2.41. The lowest BCUT2D eigenvalue weighted by molar-refractivity contribution is -0.162. The molecule has 2 rings (SSSR count). The minimum atomic E-state index is -0.604. The molecule has 0 radical (unpaired) electrons. The molecule has 1 aliphatic heterocycles. The molecule has 16 heavy (non-hydrogen) atoms. The highest BCUT2D eigenvalue weighted by Crippen LogP contribution is 2.60. The van der Waals surface area contributed by atoms with E-state index in [4.69, 9.17) is 9.47 Å². The summed E-state index contributed by atoms with van der Waals surface area (Å²) in [5, 5.41) is 0. The molecule has 2 fully saturated rings. The Morgan fingerprint density at radius 3 is 2.50 bits per heavy atom. The van der Waals surface area contributed by atoms with Crippen LogP contribution in [-0.2, 0) is 14.3 Å². The van der Waals surface area contributed by atoms with Gasteiger partial charge in [0.15, 0.2) is 5.60 Å². The minimum absolute atomic E-state index is 0.151. The van der Waals surface area contributed by atoms with Gasteiger partial charge in [-0.3, -0.25) is 0 Å². The Morgan fingerprint density at radius 1 is 1.31 bits per heavy atom. The molecule has 3 heteroatoms. The van der Waals surface area contributed by atoms with Gasteiger partial charge in [0.25, 0.3) is 0 Å². The van der Waals surface area contributed by atoms with Crippen LogP contribution < -0.4 is 0 Å². The quantitative estimate of drug-likeness (QED) is 0.537. The molecule has 0 aromatic carbocycles. The van der Waals surface area contributed by atoms with Crippen LogP contribution in [0.4, 0.5) is 0 Å². The van der Waals surface area contributed by atoms with Crippen molar-refractivity contribution in [3.8, 4) is 0 Å². The molecule has 92 valence electrons. The fourth-order valence-electron chi connectivity index (χ4n) is 2.85. The maximum atomic E-state index is 12.2. The zero-order valence-electron chi connectivity index (χ0n) is 10.8. The van der Waals surface area contributed by atoms with E-state index in [-0.39, 0.29) is 11.6 Å². The Kier molecular flexibility index (Phi) is 2.57. The Hall–Kier alpha value is -0.570. The Bertz CT molecular complexity index is 305. The fraction of sp³-hybridized carbons (Fsp3) is 0.923. The number of ether oxygens (including phenoxy) is 2. The standard InChI is InChI=1S/C13H22O3/c1-5-12-8-6-7-9-13(12,16-12)10(14)15-11(2,3)4/h5-9H2,1-4H3. The molecule has 1 saturated carbocycles. The first-order valence-corrected chi connectivity index (χ1v) is 6.29. The van der Waals surface area contributed by atoms with Gasteiger partial charge in [-0.2, -0.15) is 0 Å². The lowest BCUT2D eigenvalue weighted by Gasteiger charge is -2.26. The largest absolute Gasteiger partial charge is 0.458 e. The molecule has 0 amide bonds. The topological polar surface area (TPSA) is 38.8 Å². The monoisotopic (exact) mass is 226 g/mol. The summed E-state index contributed by atoms with van der Waals surface area (Å²) in [5.41, 5.74) is -1.23. The summed E-state index contributed by atoms with van der Waals surface area (Å²) in [6.45, 7) is 7.80. The number of fused-ring (bicyclic) bond motifs is 1. The van der Waals surface area contributed by atoms with Crippen molar-refractivity contribution in [2.75, 3.05) is 0 Å². The summed E-state index contributed by atoms with van der Waals surface area (Å²) < 4.78 is 11.3. The Balaban J connectivity index is 2.12. The van der Waals surface area contributed by atoms with E-state index in [0.717, 1.165) is 25.7 Å². The highest BCUT2D eigenvalue weighted by atomic mass is 16.7. The van der Waals surface area contributed by atoms with Crippen LogP contribution in [0.5, 0.6) is 0 Å². The number of carbonyl (C=O) groups excluding carboxylic acids is 1. The molecule has 3 nitrogen and oxygen atoms in total. The maximum Gasteiger partial charge on any atom is 0.342 e. The van der Waals surface area contributed by atoms with Gasteiger partial charge in [0.05, 0.1) is 0 Å². The summed E-state index contributed by atoms with van der Waals surface area (Å²) in [7, 11) is 0. The van der Waals surface area contributed by atoms with E-state index in [1.165, 1.54) is 6.42 Å². The van der Waals surface area contributed by atoms with Gasteiger partial charge in [-0.25, -0.2) is 4.79 Å². The first-order valence-electron chi connectivity index (χ1n) is 6.29. The number of carbonyl (C=O) groups is 1. The minimum Gasteiger partial charge on any atom is -0.458 e. The van der Waals surface area contributed by atoms with Crippen LogP contribution in [0.2, 0.25) is 0 Å². The normalized spacial score (nSPS) is 37.8. The van der Waals surface area contributed by atoms with Crippen LogP contribution in [0.3, 0.4) is 0 Å². The van der Waals surface area contributed by atoms with Gasteiger partial charge >= 0.3 is 5.97 Å². The molecule has 0 aromatic heterocycles. The third-order valence-corrected chi connectivity index (χ3v) is 3.72. The Morgan fingerprint density at radius 2 is 1.94 bits per heavy atom. The van der Waals surface area contributed by atoms with Crippen molar-refractivity contribution in [2.24, 2.45) is 0 Å². The molecular formula is C13H22O3. The molecule has 0 spiro atoms. The number of hydrogen-bond acceptors (Lipinski definition) is 3. The molecule has 2 unspecified atom stereocenters. The molecule has 0 N–H and O–H groups in total. The predicted molar refractivity (Wildman–Crippen MR) is 61.2 cm³/mol. The van der Waals surface area contributed by atoms with Crippen LogP contribution in [0.25, 0.3) is 0 Å². The zero-order valence-corrected chi connectivity index (χ0v) is 10.8. The first-order chi connectivity index (χ1) is 7.35. The van der Waals surface area contributed by atoms with Gasteiger partial charge in [-0.1, -0.05) is 13.3 Å². The van der Waals surface area contributed by atoms with Crippen molar-refractivity contribution in [3.63, 3.8) is 0 Å². The zero-order chi connectivity index (χ0) is 12.0. The van der Waals surface area contributed by atoms with E-state index in [0.29, 0.717) is 0 Å². The number of esters is 1. The van der Waals surface area contributed by atoms with Crippen LogP contribution in [0.1, 0.15) is 59.8 Å². The summed E-state index contributed by atoms with van der Waals surface area (Å²) >= 11 is 0. The number of hydrogen-bond donors (Lipinski definition) is 0. The lowest BCUT2D eigenvalue weighted by atomic mass is 9.78. The fourth-order valence-corrected chi connectivity index (χ4v) is 2.85. The number of epoxide rings is 1. The SMILES string of the molecule is CCC12CCCCC1(C(=O)OC(C)(C)C)O2. The molecule has 1 saturated heterocycles. The van der Waals surface area contributed by atoms with Crippen molar-refractivity contribution in [3.05, 3.63) is 0 Å². The Labute approximate surface area is 97.5 Å². The molecule has 0 bridgehead atoms. The second-order valence-corrected chi connectivity index (χ2v) is 5.99. The van der Waals surface area contributed by atoms with Gasteiger partial charge in [0.1, 0.15) is 11.2 Å². The molecule has 2 atom stereocenters. The average Bonchev–Trinajstić information content (AvgIpc) is 2.86. The van der Waals surface area contributed by atoms with Crippen LogP contribution >= 0.6 is 0 Å². The second kappa shape index (κ2) is 3.46. The van der Waals surface area contributed by atoms with E-state index in [1.807, 2.05) is 20.8 Å². The smallest absolute Gasteiger partial charge is 0.342 e. The molecule has 1 heterocycles. The van der Waals surface area contributed by atoms with Crippen molar-refractivity contribution >= 4 is 5.97 Å². The summed E-state index contributed by atoms with van der Waals surface area (Å²) in [4.78, 5) is 12.2. The highest BCUT2D eigenvalue weighted by molar-refractivity contribution is 5.85. The maximum absolute atomic E-state index is 12.2. The van der Waals surface area contributed by atoms with E-state index in [2.05, 4.69) is 6.92 Å². The van der Waals surface area contributed by atoms with Gasteiger partial charge in [0, 0.05) is 0 Å². The van der Waals surface area contributed by atoms with Crippen molar-refractivity contribution in [1.82, 2.24) is 0 Å². The van der Waals surface area contributed by atoms with Crippen molar-refractivity contribution in [2.45, 2.75) is 76.6 Å². The molecular weight excluding hydrogens is 204 g/mol. The van der Waals surface area contributed by atoms with Gasteiger partial charge < -0.3 is 9.47 Å². The predicted octanol–water partition coefficient (Wildman–Crippen LogP) is 2.82. The molecule has 1 aliphatic carbocycles. The van der Waals surface area contributed by atoms with E-state index in [1.54, 1.807) is 0 Å². The van der Waals surface area contributed by atoms with Gasteiger partial charge in [-0.15, -0.1) is 0 Å². The van der Waals surface area contributed by atoms with Gasteiger partial charge in [-0.05, 0) is 46.5 Å². The van der Waals surface area contributed by atoms with E-state index < -0.39 is 11.2 Å². The van der Waals surface area contributed by atoms with E-state index >= 15 is 0 Å². The van der Waals surface area contributed by atoms with Crippen molar-refractivity contribution in [1.29, 1.82) is 0 Å². The molecule has 2 aliphatic rings. The number of rotatable bonds is 2. The third kappa shape index (κ3) is 1.65. The first kappa shape index (κ1) is 11.9. The third-order valence-electron chi connectivity index (χ3n) is 3.72. The van der Waals surface area contributed by atoms with Crippen LogP contribution in [0, 0.1) is 0 Å². The summed E-state index contributed by atoms with van der Waals surface area (Å²) in [6.07, 6.45) is 4.98. The van der Waals surface area contributed by atoms with Crippen LogP contribution in [-0.4, -0.2) is 22.8 Å². The average molecular weight is 226 g/mol. The van der Waals surface area contributed by atoms with Crippen molar-refractivity contribution < 1.29 is 14.3 Å².